The van der Waals surface area contributed by atoms with Crippen LogP contribution in [-0.2, 0) is 4.79 Å². The van der Waals surface area contributed by atoms with Gasteiger partial charge in [-0.15, -0.1) is 0 Å². The topological polar surface area (TPSA) is 86.9 Å². The van der Waals surface area contributed by atoms with E-state index in [1.165, 1.54) is 19.1 Å². The Balaban J connectivity index is 1.39. The lowest BCUT2D eigenvalue weighted by Crippen LogP contribution is -2.13. The number of fused-ring (bicyclic) bond motifs is 1. The fourth-order valence-corrected chi connectivity index (χ4v) is 3.89. The minimum absolute atomic E-state index is 0.202. The molecule has 5 rings (SSSR count). The van der Waals surface area contributed by atoms with E-state index in [1.807, 2.05) is 48.5 Å². The molecule has 7 heteroatoms. The SMILES string of the molecule is CC(=O)Nc1cccc(C(=O)Nc2cccc(-c3cccc(-c4nc5ccc(F)cc5[nH]4)c3)c2)c1. The van der Waals surface area contributed by atoms with Crippen molar-refractivity contribution in [3.63, 3.8) is 0 Å². The normalized spacial score (nSPS) is 10.8. The smallest absolute Gasteiger partial charge is 0.255 e. The lowest BCUT2D eigenvalue weighted by atomic mass is 10.0. The summed E-state index contributed by atoms with van der Waals surface area (Å²) in [6.07, 6.45) is 0. The van der Waals surface area contributed by atoms with E-state index in [1.54, 1.807) is 30.3 Å². The van der Waals surface area contributed by atoms with Gasteiger partial charge in [0.05, 0.1) is 11.0 Å². The number of aromatic nitrogens is 2. The zero-order valence-electron chi connectivity index (χ0n) is 18.8. The Morgan fingerprint density at radius 3 is 2.26 bits per heavy atom. The van der Waals surface area contributed by atoms with E-state index in [4.69, 9.17) is 0 Å². The van der Waals surface area contributed by atoms with Crippen LogP contribution in [0.1, 0.15) is 17.3 Å². The Kier molecular flexibility index (Phi) is 5.81. The molecule has 1 heterocycles. The molecule has 3 N–H and O–H groups in total. The zero-order chi connectivity index (χ0) is 24.4. The fraction of sp³-hybridized carbons (Fsp3) is 0.0357. The summed E-state index contributed by atoms with van der Waals surface area (Å²) in [7, 11) is 0. The number of rotatable bonds is 5. The molecule has 1 aromatic heterocycles. The first kappa shape index (κ1) is 22.0. The molecule has 4 aromatic carbocycles. The second-order valence-corrected chi connectivity index (χ2v) is 8.12. The molecule has 0 unspecified atom stereocenters. The van der Waals surface area contributed by atoms with Gasteiger partial charge in [-0.05, 0) is 65.7 Å². The minimum atomic E-state index is -0.317. The van der Waals surface area contributed by atoms with Crippen molar-refractivity contribution in [3.05, 3.63) is 102 Å². The maximum absolute atomic E-state index is 13.5. The quantitative estimate of drug-likeness (QED) is 0.287. The number of benzene rings is 4. The van der Waals surface area contributed by atoms with E-state index in [2.05, 4.69) is 20.6 Å². The van der Waals surface area contributed by atoms with Gasteiger partial charge in [0.25, 0.3) is 5.91 Å². The highest BCUT2D eigenvalue weighted by Gasteiger charge is 2.10. The Morgan fingerprint density at radius 1 is 0.771 bits per heavy atom. The number of nitrogens with one attached hydrogen (secondary N) is 3. The van der Waals surface area contributed by atoms with Crippen LogP contribution in [0.3, 0.4) is 0 Å². The lowest BCUT2D eigenvalue weighted by Gasteiger charge is -2.10. The van der Waals surface area contributed by atoms with Crippen molar-refractivity contribution in [2.45, 2.75) is 6.92 Å². The third-order valence-corrected chi connectivity index (χ3v) is 5.48. The van der Waals surface area contributed by atoms with Crippen LogP contribution in [0.15, 0.2) is 91.0 Å². The average molecular weight is 465 g/mol. The minimum Gasteiger partial charge on any atom is -0.338 e. The summed E-state index contributed by atoms with van der Waals surface area (Å²) in [6, 6.07) is 26.6. The number of carbonyl (C=O) groups is 2. The number of hydrogen-bond acceptors (Lipinski definition) is 3. The van der Waals surface area contributed by atoms with Gasteiger partial charge in [-0.3, -0.25) is 9.59 Å². The molecule has 0 aliphatic carbocycles. The number of nitrogens with zero attached hydrogens (tertiary/aromatic N) is 1. The molecule has 6 nitrogen and oxygen atoms in total. The Labute approximate surface area is 200 Å². The van der Waals surface area contributed by atoms with Gasteiger partial charge in [0.2, 0.25) is 5.91 Å². The number of hydrogen-bond donors (Lipinski definition) is 3. The van der Waals surface area contributed by atoms with Crippen LogP contribution in [0.25, 0.3) is 33.5 Å². The molecule has 0 saturated heterocycles. The highest BCUT2D eigenvalue weighted by molar-refractivity contribution is 6.05. The van der Waals surface area contributed by atoms with E-state index in [9.17, 15) is 14.0 Å². The number of H-pyrrole nitrogens is 1. The monoisotopic (exact) mass is 464 g/mol. The van der Waals surface area contributed by atoms with Gasteiger partial charge >= 0.3 is 0 Å². The molecule has 5 aromatic rings. The van der Waals surface area contributed by atoms with E-state index >= 15 is 0 Å². The molecule has 0 atom stereocenters. The second-order valence-electron chi connectivity index (χ2n) is 8.12. The molecule has 0 aliphatic rings. The summed E-state index contributed by atoms with van der Waals surface area (Å²) < 4.78 is 13.5. The number of anilines is 2. The van der Waals surface area contributed by atoms with E-state index < -0.39 is 0 Å². The second kappa shape index (κ2) is 9.23. The predicted octanol–water partition coefficient (Wildman–Crippen LogP) is 6.25. The largest absolute Gasteiger partial charge is 0.338 e. The Morgan fingerprint density at radius 2 is 1.46 bits per heavy atom. The van der Waals surface area contributed by atoms with Crippen molar-refractivity contribution in [2.24, 2.45) is 0 Å². The fourth-order valence-electron chi connectivity index (χ4n) is 3.89. The van der Waals surface area contributed by atoms with Gasteiger partial charge in [0.1, 0.15) is 11.6 Å². The molecule has 0 spiro atoms. The van der Waals surface area contributed by atoms with E-state index in [0.29, 0.717) is 33.8 Å². The van der Waals surface area contributed by atoms with Crippen LogP contribution in [-0.4, -0.2) is 21.8 Å². The van der Waals surface area contributed by atoms with E-state index in [0.717, 1.165) is 16.7 Å². The van der Waals surface area contributed by atoms with Gasteiger partial charge in [-0.25, -0.2) is 9.37 Å². The predicted molar refractivity (Wildman–Crippen MR) is 136 cm³/mol. The molecule has 35 heavy (non-hydrogen) atoms. The number of halogens is 1. The van der Waals surface area contributed by atoms with Gasteiger partial charge in [0.15, 0.2) is 0 Å². The van der Waals surface area contributed by atoms with Crippen molar-refractivity contribution in [1.82, 2.24) is 9.97 Å². The van der Waals surface area contributed by atoms with Crippen molar-refractivity contribution in [3.8, 4) is 22.5 Å². The van der Waals surface area contributed by atoms with Gasteiger partial charge in [-0.2, -0.15) is 0 Å². The molecular formula is C28H21FN4O2. The van der Waals surface area contributed by atoms with Crippen LogP contribution in [0.2, 0.25) is 0 Å². The standard InChI is InChI=1S/C28H21FN4O2/c1-17(34)30-23-9-4-8-21(15-23)28(35)31-24-10-3-6-19(14-24)18-5-2-7-20(13-18)27-32-25-12-11-22(29)16-26(25)33-27/h2-16H,1H3,(H,30,34)(H,31,35)(H,32,33). The van der Waals surface area contributed by atoms with Crippen LogP contribution in [0, 0.1) is 5.82 Å². The van der Waals surface area contributed by atoms with Crippen LogP contribution < -0.4 is 10.6 Å². The van der Waals surface area contributed by atoms with Gasteiger partial charge in [-0.1, -0.05) is 36.4 Å². The average Bonchev–Trinajstić information content (AvgIpc) is 3.27. The number of imidazole rings is 1. The summed E-state index contributed by atoms with van der Waals surface area (Å²) in [4.78, 5) is 31.8. The maximum atomic E-state index is 13.5. The molecule has 0 bridgehead atoms. The van der Waals surface area contributed by atoms with Crippen molar-refractivity contribution < 1.29 is 14.0 Å². The number of carbonyl (C=O) groups excluding carboxylic acids is 2. The Bertz CT molecular complexity index is 1570. The summed E-state index contributed by atoms with van der Waals surface area (Å²) in [6.45, 7) is 1.42. The molecule has 172 valence electrons. The summed E-state index contributed by atoms with van der Waals surface area (Å²) >= 11 is 0. The third-order valence-electron chi connectivity index (χ3n) is 5.48. The summed E-state index contributed by atoms with van der Waals surface area (Å²) in [5.41, 5.74) is 5.69. The van der Waals surface area contributed by atoms with Crippen LogP contribution >= 0.6 is 0 Å². The lowest BCUT2D eigenvalue weighted by molar-refractivity contribution is -0.114. The molecular weight excluding hydrogens is 443 g/mol. The van der Waals surface area contributed by atoms with Crippen molar-refractivity contribution >= 4 is 34.2 Å². The molecule has 0 radical (unpaired) electrons. The molecule has 0 aliphatic heterocycles. The molecule has 2 amide bonds. The first-order valence-corrected chi connectivity index (χ1v) is 11.0. The van der Waals surface area contributed by atoms with Crippen LogP contribution in [0.5, 0.6) is 0 Å². The third kappa shape index (κ3) is 4.94. The van der Waals surface area contributed by atoms with E-state index in [-0.39, 0.29) is 17.6 Å². The first-order valence-electron chi connectivity index (χ1n) is 11.0. The van der Waals surface area contributed by atoms with Crippen molar-refractivity contribution in [1.29, 1.82) is 0 Å². The van der Waals surface area contributed by atoms with Crippen molar-refractivity contribution in [2.75, 3.05) is 10.6 Å². The molecule has 0 saturated carbocycles. The Hall–Kier alpha value is -4.78. The first-order chi connectivity index (χ1) is 16.9. The highest BCUT2D eigenvalue weighted by Crippen LogP contribution is 2.28. The van der Waals surface area contributed by atoms with Gasteiger partial charge < -0.3 is 15.6 Å². The van der Waals surface area contributed by atoms with Crippen LogP contribution in [0.4, 0.5) is 15.8 Å². The summed E-state index contributed by atoms with van der Waals surface area (Å²) in [5.74, 6) is -0.150. The molecule has 0 fully saturated rings. The number of aromatic amines is 1. The maximum Gasteiger partial charge on any atom is 0.255 e. The number of amides is 2. The van der Waals surface area contributed by atoms with Gasteiger partial charge in [0, 0.05) is 29.4 Å². The zero-order valence-corrected chi connectivity index (χ0v) is 18.8. The summed E-state index contributed by atoms with van der Waals surface area (Å²) in [5, 5.41) is 5.59. The highest BCUT2D eigenvalue weighted by atomic mass is 19.1.